The molecule has 0 N–H and O–H groups in total. The standard InChI is InChI=1S/C21H26N6O4S/c1-15-22-19(25-7-3-4-8-25)14-20(23-15)26-9-11-27(12-10-26)32(29,30)16-5-6-18-17(13-16)24(2)21(28)31-18/h5-6,13-14H,3-4,7-12H2,1-2H3. The van der Waals surface area contributed by atoms with Gasteiger partial charge in [0, 0.05) is 52.4 Å². The molecule has 0 amide bonds. The summed E-state index contributed by atoms with van der Waals surface area (Å²) in [4.78, 5) is 25.5. The van der Waals surface area contributed by atoms with Crippen LogP contribution in [0.15, 0.2) is 38.4 Å². The van der Waals surface area contributed by atoms with E-state index in [4.69, 9.17) is 4.42 Å². The summed E-state index contributed by atoms with van der Waals surface area (Å²) in [5.41, 5.74) is 0.829. The van der Waals surface area contributed by atoms with Gasteiger partial charge in [0.15, 0.2) is 5.58 Å². The Bertz CT molecular complexity index is 1320. The first-order valence-electron chi connectivity index (χ1n) is 10.8. The fourth-order valence-corrected chi connectivity index (χ4v) is 5.82. The van der Waals surface area contributed by atoms with Gasteiger partial charge in [-0.3, -0.25) is 4.57 Å². The number of benzene rings is 1. The largest absolute Gasteiger partial charge is 0.419 e. The van der Waals surface area contributed by atoms with Gasteiger partial charge in [0.1, 0.15) is 17.5 Å². The minimum atomic E-state index is -3.69. The maximum atomic E-state index is 13.2. The van der Waals surface area contributed by atoms with Gasteiger partial charge in [0.05, 0.1) is 10.4 Å². The molecule has 10 nitrogen and oxygen atoms in total. The number of hydrogen-bond donors (Lipinski definition) is 0. The number of rotatable bonds is 4. The highest BCUT2D eigenvalue weighted by atomic mass is 32.2. The Kier molecular flexibility index (Phi) is 5.17. The summed E-state index contributed by atoms with van der Waals surface area (Å²) in [7, 11) is -2.13. The molecule has 0 radical (unpaired) electrons. The van der Waals surface area contributed by atoms with E-state index in [1.165, 1.54) is 39.9 Å². The Labute approximate surface area is 186 Å². The predicted octanol–water partition coefficient (Wildman–Crippen LogP) is 1.34. The second kappa shape index (κ2) is 7.89. The third-order valence-corrected chi connectivity index (χ3v) is 8.10. The average molecular weight is 459 g/mol. The van der Waals surface area contributed by atoms with Crippen molar-refractivity contribution < 1.29 is 12.8 Å². The van der Waals surface area contributed by atoms with Gasteiger partial charge in [-0.25, -0.2) is 23.2 Å². The lowest BCUT2D eigenvalue weighted by molar-refractivity contribution is 0.383. The molecule has 0 atom stereocenters. The Morgan fingerprint density at radius 1 is 0.906 bits per heavy atom. The minimum absolute atomic E-state index is 0.157. The molecule has 32 heavy (non-hydrogen) atoms. The van der Waals surface area contributed by atoms with Crippen LogP contribution in [0.2, 0.25) is 0 Å². The molecule has 0 spiro atoms. The van der Waals surface area contributed by atoms with Crippen molar-refractivity contribution in [3.63, 3.8) is 0 Å². The van der Waals surface area contributed by atoms with Crippen LogP contribution >= 0.6 is 0 Å². The number of aryl methyl sites for hydroxylation is 2. The number of hydrogen-bond acceptors (Lipinski definition) is 8. The molecule has 5 rings (SSSR count). The zero-order valence-corrected chi connectivity index (χ0v) is 19.0. The van der Waals surface area contributed by atoms with Gasteiger partial charge < -0.3 is 14.2 Å². The first-order chi connectivity index (χ1) is 15.3. The highest BCUT2D eigenvalue weighted by molar-refractivity contribution is 7.89. The van der Waals surface area contributed by atoms with E-state index in [9.17, 15) is 13.2 Å². The highest BCUT2D eigenvalue weighted by Gasteiger charge is 2.30. The Balaban J connectivity index is 1.34. The van der Waals surface area contributed by atoms with Gasteiger partial charge in [-0.05, 0) is 38.0 Å². The van der Waals surface area contributed by atoms with Gasteiger partial charge in [-0.1, -0.05) is 0 Å². The topological polar surface area (TPSA) is 105 Å². The Morgan fingerprint density at radius 2 is 1.53 bits per heavy atom. The van der Waals surface area contributed by atoms with E-state index in [2.05, 4.69) is 19.8 Å². The SMILES string of the molecule is Cc1nc(N2CCCC2)cc(N2CCN(S(=O)(=O)c3ccc4oc(=O)n(C)c4c3)CC2)n1. The fraction of sp³-hybridized carbons (Fsp3) is 0.476. The number of sulfonamides is 1. The first-order valence-corrected chi connectivity index (χ1v) is 12.2. The average Bonchev–Trinajstić information content (AvgIpc) is 3.42. The van der Waals surface area contributed by atoms with Crippen LogP contribution in [0, 0.1) is 6.92 Å². The molecule has 2 aromatic heterocycles. The lowest BCUT2D eigenvalue weighted by atomic mass is 10.3. The van der Waals surface area contributed by atoms with Gasteiger partial charge in [-0.15, -0.1) is 0 Å². The summed E-state index contributed by atoms with van der Waals surface area (Å²) in [5.74, 6) is 1.99. The quantitative estimate of drug-likeness (QED) is 0.577. The number of fused-ring (bicyclic) bond motifs is 1. The van der Waals surface area contributed by atoms with E-state index in [1.807, 2.05) is 13.0 Å². The second-order valence-corrected chi connectivity index (χ2v) is 10.2. The van der Waals surface area contributed by atoms with Crippen LogP contribution in [0.1, 0.15) is 18.7 Å². The summed E-state index contributed by atoms with van der Waals surface area (Å²) in [6, 6.07) is 6.53. The molecule has 4 heterocycles. The van der Waals surface area contributed by atoms with E-state index in [-0.39, 0.29) is 4.90 Å². The van der Waals surface area contributed by atoms with E-state index in [0.29, 0.717) is 37.3 Å². The molecule has 2 aliphatic rings. The molecule has 2 fully saturated rings. The number of oxazole rings is 1. The fourth-order valence-electron chi connectivity index (χ4n) is 4.38. The van der Waals surface area contributed by atoms with Crippen LogP contribution < -0.4 is 15.6 Å². The van der Waals surface area contributed by atoms with Crippen LogP contribution in [-0.2, 0) is 17.1 Å². The summed E-state index contributed by atoms with van der Waals surface area (Å²) in [6.07, 6.45) is 2.35. The second-order valence-electron chi connectivity index (χ2n) is 8.27. The van der Waals surface area contributed by atoms with Crippen molar-refractivity contribution in [1.82, 2.24) is 18.8 Å². The van der Waals surface area contributed by atoms with Crippen molar-refractivity contribution in [3.8, 4) is 0 Å². The van der Waals surface area contributed by atoms with Crippen molar-refractivity contribution in [3.05, 3.63) is 40.6 Å². The van der Waals surface area contributed by atoms with Gasteiger partial charge >= 0.3 is 5.76 Å². The first kappa shape index (κ1) is 21.0. The van der Waals surface area contributed by atoms with Crippen LogP contribution in [0.3, 0.4) is 0 Å². The number of piperazine rings is 1. The Morgan fingerprint density at radius 3 is 2.19 bits per heavy atom. The third-order valence-electron chi connectivity index (χ3n) is 6.20. The van der Waals surface area contributed by atoms with Crippen LogP contribution in [-0.4, -0.2) is 66.5 Å². The number of anilines is 2. The van der Waals surface area contributed by atoms with Crippen molar-refractivity contribution in [2.75, 3.05) is 49.1 Å². The van der Waals surface area contributed by atoms with Crippen molar-refractivity contribution >= 4 is 32.8 Å². The highest BCUT2D eigenvalue weighted by Crippen LogP contribution is 2.26. The molecule has 11 heteroatoms. The predicted molar refractivity (Wildman–Crippen MR) is 121 cm³/mol. The summed E-state index contributed by atoms with van der Waals surface area (Å²) < 4.78 is 34.4. The lowest BCUT2D eigenvalue weighted by Crippen LogP contribution is -2.49. The van der Waals surface area contributed by atoms with Crippen LogP contribution in [0.5, 0.6) is 0 Å². The zero-order chi connectivity index (χ0) is 22.5. The zero-order valence-electron chi connectivity index (χ0n) is 18.2. The number of aromatic nitrogens is 3. The molecule has 0 aliphatic carbocycles. The molecule has 0 unspecified atom stereocenters. The molecule has 3 aromatic rings. The van der Waals surface area contributed by atoms with Crippen LogP contribution in [0.4, 0.5) is 11.6 Å². The van der Waals surface area contributed by atoms with Crippen molar-refractivity contribution in [2.45, 2.75) is 24.7 Å². The molecule has 170 valence electrons. The van der Waals surface area contributed by atoms with Gasteiger partial charge in [0.2, 0.25) is 10.0 Å². The monoisotopic (exact) mass is 458 g/mol. The number of nitrogens with zero attached hydrogens (tertiary/aromatic N) is 6. The van der Waals surface area contributed by atoms with Crippen LogP contribution in [0.25, 0.3) is 11.1 Å². The smallest absolute Gasteiger partial charge is 0.408 e. The maximum Gasteiger partial charge on any atom is 0.419 e. The van der Waals surface area contributed by atoms with E-state index in [1.54, 1.807) is 7.05 Å². The summed E-state index contributed by atoms with van der Waals surface area (Å²) in [5, 5.41) is 0. The molecule has 2 saturated heterocycles. The van der Waals surface area contributed by atoms with E-state index in [0.717, 1.165) is 30.5 Å². The van der Waals surface area contributed by atoms with Crippen molar-refractivity contribution in [2.24, 2.45) is 7.05 Å². The normalized spacial score (nSPS) is 18.1. The molecule has 1 aromatic carbocycles. The van der Waals surface area contributed by atoms with Crippen molar-refractivity contribution in [1.29, 1.82) is 0 Å². The molecular formula is C21H26N6O4S. The Hall–Kier alpha value is -2.92. The minimum Gasteiger partial charge on any atom is -0.408 e. The maximum absolute atomic E-state index is 13.2. The van der Waals surface area contributed by atoms with Gasteiger partial charge in [-0.2, -0.15) is 4.31 Å². The van der Waals surface area contributed by atoms with E-state index < -0.39 is 15.8 Å². The summed E-state index contributed by atoms with van der Waals surface area (Å²) in [6.45, 7) is 5.70. The van der Waals surface area contributed by atoms with E-state index >= 15 is 0 Å². The molecule has 0 saturated carbocycles. The third kappa shape index (κ3) is 3.65. The lowest BCUT2D eigenvalue weighted by Gasteiger charge is -2.35. The summed E-state index contributed by atoms with van der Waals surface area (Å²) >= 11 is 0. The molecule has 0 bridgehead atoms. The molecular weight excluding hydrogens is 432 g/mol. The van der Waals surface area contributed by atoms with Gasteiger partial charge in [0.25, 0.3) is 0 Å². The molecule has 2 aliphatic heterocycles.